The summed E-state index contributed by atoms with van der Waals surface area (Å²) in [5.41, 5.74) is 2.97. The number of rotatable bonds is 2. The summed E-state index contributed by atoms with van der Waals surface area (Å²) in [7, 11) is 0. The summed E-state index contributed by atoms with van der Waals surface area (Å²) >= 11 is 19.5. The van der Waals surface area contributed by atoms with E-state index in [-0.39, 0.29) is 11.1 Å². The Hall–Kier alpha value is -0.750. The highest BCUT2D eigenvalue weighted by atomic mass is 79.9. The predicted octanol–water partition coefficient (Wildman–Crippen LogP) is 5.36. The molecule has 1 atom stereocenters. The van der Waals surface area contributed by atoms with Crippen LogP contribution in [0.2, 0.25) is 5.02 Å². The molecule has 0 aliphatic rings. The zero-order valence-corrected chi connectivity index (χ0v) is 15.1. The number of H-pyrrole nitrogens is 2. The smallest absolute Gasteiger partial charge is 0.306 e. The summed E-state index contributed by atoms with van der Waals surface area (Å²) in [6.45, 7) is 0. The molecule has 0 aliphatic heterocycles. The molecule has 0 saturated heterocycles. The van der Waals surface area contributed by atoms with E-state index in [1.54, 1.807) is 12.1 Å². The van der Waals surface area contributed by atoms with Gasteiger partial charge >= 0.3 is 5.69 Å². The van der Waals surface area contributed by atoms with E-state index in [1.165, 1.54) is 0 Å². The fourth-order valence-electron chi connectivity index (χ4n) is 2.14. The van der Waals surface area contributed by atoms with Gasteiger partial charge in [0.1, 0.15) is 0 Å². The first-order valence-corrected chi connectivity index (χ1v) is 8.36. The fourth-order valence-corrected chi connectivity index (χ4v) is 4.26. The molecular weight excluding hydrogens is 443 g/mol. The number of nitrogens with one attached hydrogen (secondary N) is 2. The van der Waals surface area contributed by atoms with Crippen LogP contribution < -0.4 is 5.69 Å². The quantitative estimate of drug-likeness (QED) is 0.507. The number of aromatic nitrogens is 2. The van der Waals surface area contributed by atoms with Gasteiger partial charge in [0.15, 0.2) is 0 Å². The molecule has 3 nitrogen and oxygen atoms in total. The second kappa shape index (κ2) is 5.80. The van der Waals surface area contributed by atoms with E-state index < -0.39 is 0 Å². The van der Waals surface area contributed by atoms with Crippen molar-refractivity contribution in [2.24, 2.45) is 0 Å². The molecule has 1 aromatic heterocycles. The van der Waals surface area contributed by atoms with Crippen molar-refractivity contribution in [3.8, 4) is 0 Å². The Labute approximate surface area is 146 Å². The van der Waals surface area contributed by atoms with Crippen LogP contribution in [-0.4, -0.2) is 9.97 Å². The van der Waals surface area contributed by atoms with Crippen LogP contribution in [-0.2, 0) is 0 Å². The van der Waals surface area contributed by atoms with Crippen LogP contribution in [0.3, 0.4) is 0 Å². The van der Waals surface area contributed by atoms with Crippen molar-refractivity contribution >= 4 is 66.1 Å². The predicted molar refractivity (Wildman–Crippen MR) is 93.5 cm³/mol. The summed E-state index contributed by atoms with van der Waals surface area (Å²) in [5.74, 6) is 0. The van der Waals surface area contributed by atoms with E-state index in [2.05, 4.69) is 41.8 Å². The minimum Gasteiger partial charge on any atom is -0.306 e. The van der Waals surface area contributed by atoms with E-state index in [0.29, 0.717) is 10.5 Å². The topological polar surface area (TPSA) is 48.6 Å². The molecule has 108 valence electrons. The first-order chi connectivity index (χ1) is 9.95. The maximum atomic E-state index is 11.4. The monoisotopic (exact) mass is 448 g/mol. The Morgan fingerprint density at radius 2 is 1.57 bits per heavy atom. The van der Waals surface area contributed by atoms with Crippen LogP contribution >= 0.6 is 55.1 Å². The number of alkyl halides is 1. The molecule has 0 bridgehead atoms. The third-order valence-electron chi connectivity index (χ3n) is 3.14. The van der Waals surface area contributed by atoms with Crippen molar-refractivity contribution in [1.29, 1.82) is 0 Å². The molecule has 21 heavy (non-hydrogen) atoms. The SMILES string of the molecule is O=c1[nH]c2cc(Br)c(C(Cl)c3ccc(Cl)cc3Br)cc2[nH]1. The van der Waals surface area contributed by atoms with Gasteiger partial charge in [0, 0.05) is 14.0 Å². The lowest BCUT2D eigenvalue weighted by Gasteiger charge is -2.14. The molecule has 0 saturated carbocycles. The van der Waals surface area contributed by atoms with Gasteiger partial charge in [-0.05, 0) is 35.4 Å². The number of hydrogen-bond acceptors (Lipinski definition) is 1. The normalized spacial score (nSPS) is 12.8. The summed E-state index contributed by atoms with van der Waals surface area (Å²) in [6, 6.07) is 9.16. The molecule has 1 heterocycles. The molecule has 0 amide bonds. The van der Waals surface area contributed by atoms with Gasteiger partial charge < -0.3 is 9.97 Å². The molecule has 0 aliphatic carbocycles. The number of imidazole rings is 1. The first-order valence-electron chi connectivity index (χ1n) is 5.96. The van der Waals surface area contributed by atoms with Gasteiger partial charge in [-0.3, -0.25) is 0 Å². The molecular formula is C14H8Br2Cl2N2O. The number of halogens is 4. The first kappa shape index (κ1) is 15.2. The molecule has 1 unspecified atom stereocenters. The van der Waals surface area contributed by atoms with Crippen molar-refractivity contribution in [3.05, 3.63) is 65.9 Å². The van der Waals surface area contributed by atoms with Crippen LogP contribution in [0.15, 0.2) is 44.1 Å². The minimum absolute atomic E-state index is 0.243. The summed E-state index contributed by atoms with van der Waals surface area (Å²) in [6.07, 6.45) is 0. The summed E-state index contributed by atoms with van der Waals surface area (Å²) < 4.78 is 1.66. The number of fused-ring (bicyclic) bond motifs is 1. The van der Waals surface area contributed by atoms with Crippen LogP contribution in [0.4, 0.5) is 0 Å². The van der Waals surface area contributed by atoms with Gasteiger partial charge in [-0.2, -0.15) is 0 Å². The minimum atomic E-state index is -0.381. The summed E-state index contributed by atoms with van der Waals surface area (Å²) in [4.78, 5) is 16.8. The Kier molecular flexibility index (Phi) is 4.19. The molecule has 0 spiro atoms. The Balaban J connectivity index is 2.14. The summed E-state index contributed by atoms with van der Waals surface area (Å²) in [5, 5.41) is 0.257. The fraction of sp³-hybridized carbons (Fsp3) is 0.0714. The van der Waals surface area contributed by atoms with Crippen LogP contribution in [0.25, 0.3) is 11.0 Å². The van der Waals surface area contributed by atoms with Crippen molar-refractivity contribution in [1.82, 2.24) is 9.97 Å². The Morgan fingerprint density at radius 3 is 2.24 bits per heavy atom. The Bertz CT molecular complexity index is 888. The third kappa shape index (κ3) is 2.93. The molecule has 3 rings (SSSR count). The van der Waals surface area contributed by atoms with Gasteiger partial charge in [-0.15, -0.1) is 11.6 Å². The van der Waals surface area contributed by atoms with Crippen LogP contribution in [0.5, 0.6) is 0 Å². The van der Waals surface area contributed by atoms with Crippen molar-refractivity contribution in [2.75, 3.05) is 0 Å². The van der Waals surface area contributed by atoms with Crippen LogP contribution in [0.1, 0.15) is 16.5 Å². The van der Waals surface area contributed by atoms with Gasteiger partial charge in [0.25, 0.3) is 0 Å². The average molecular weight is 451 g/mol. The van der Waals surface area contributed by atoms with Crippen molar-refractivity contribution in [3.63, 3.8) is 0 Å². The number of hydrogen-bond donors (Lipinski definition) is 2. The van der Waals surface area contributed by atoms with Crippen molar-refractivity contribution < 1.29 is 0 Å². The largest absolute Gasteiger partial charge is 0.323 e. The molecule has 7 heteroatoms. The van der Waals surface area contributed by atoms with Crippen molar-refractivity contribution in [2.45, 2.75) is 5.38 Å². The molecule has 0 radical (unpaired) electrons. The van der Waals surface area contributed by atoms with E-state index in [4.69, 9.17) is 23.2 Å². The molecule has 2 aromatic carbocycles. The van der Waals surface area contributed by atoms with Gasteiger partial charge in [-0.25, -0.2) is 4.79 Å². The zero-order valence-electron chi connectivity index (χ0n) is 10.4. The Morgan fingerprint density at radius 1 is 0.952 bits per heavy atom. The highest BCUT2D eigenvalue weighted by Crippen LogP contribution is 2.39. The lowest BCUT2D eigenvalue weighted by molar-refractivity contribution is 1.12. The highest BCUT2D eigenvalue weighted by molar-refractivity contribution is 9.10. The van der Waals surface area contributed by atoms with Crippen LogP contribution in [0, 0.1) is 0 Å². The van der Waals surface area contributed by atoms with E-state index >= 15 is 0 Å². The van der Waals surface area contributed by atoms with E-state index in [9.17, 15) is 4.79 Å². The zero-order chi connectivity index (χ0) is 15.1. The lowest BCUT2D eigenvalue weighted by Crippen LogP contribution is -1.99. The number of benzene rings is 2. The highest BCUT2D eigenvalue weighted by Gasteiger charge is 2.18. The maximum Gasteiger partial charge on any atom is 0.323 e. The van der Waals surface area contributed by atoms with Gasteiger partial charge in [0.2, 0.25) is 0 Å². The standard InChI is InChI=1S/C14H8Br2Cl2N2O/c15-9-3-6(17)1-2-7(9)13(18)8-4-11-12(5-10(8)16)20-14(21)19-11/h1-5,13H,(H2,19,20,21). The molecule has 2 N–H and O–H groups in total. The molecule has 0 fully saturated rings. The average Bonchev–Trinajstić information content (AvgIpc) is 2.76. The maximum absolute atomic E-state index is 11.4. The van der Waals surface area contributed by atoms with Gasteiger partial charge in [0.05, 0.1) is 16.4 Å². The van der Waals surface area contributed by atoms with E-state index in [1.807, 2.05) is 18.2 Å². The van der Waals surface area contributed by atoms with Gasteiger partial charge in [-0.1, -0.05) is 49.5 Å². The molecule has 3 aromatic rings. The van der Waals surface area contributed by atoms with E-state index in [0.717, 1.165) is 25.6 Å². The lowest BCUT2D eigenvalue weighted by atomic mass is 10.0. The second-order valence-corrected chi connectivity index (χ2v) is 7.11. The third-order valence-corrected chi connectivity index (χ3v) is 5.22. The number of aromatic amines is 2. The second-order valence-electron chi connectivity index (χ2n) is 4.53.